The molecule has 120 valence electrons. The number of amides is 2. The third kappa shape index (κ3) is 4.09. The Balaban J connectivity index is 1.84. The smallest absolute Gasteiger partial charge is 0.317 e. The van der Waals surface area contributed by atoms with Crippen LogP contribution in [0.15, 0.2) is 0 Å². The van der Waals surface area contributed by atoms with E-state index in [-0.39, 0.29) is 30.5 Å². The molecule has 3 N–H and O–H groups in total. The van der Waals surface area contributed by atoms with Gasteiger partial charge in [0.15, 0.2) is 0 Å². The maximum atomic E-state index is 12.2. The first kappa shape index (κ1) is 16.1. The van der Waals surface area contributed by atoms with Gasteiger partial charge in [-0.2, -0.15) is 0 Å². The molecule has 0 aromatic carbocycles. The van der Waals surface area contributed by atoms with Crippen molar-refractivity contribution < 1.29 is 19.8 Å². The van der Waals surface area contributed by atoms with Gasteiger partial charge in [0.1, 0.15) is 0 Å². The summed E-state index contributed by atoms with van der Waals surface area (Å²) in [4.78, 5) is 25.2. The highest BCUT2D eigenvalue weighted by Crippen LogP contribution is 2.30. The molecule has 6 heteroatoms. The largest absolute Gasteiger partial charge is 0.481 e. The van der Waals surface area contributed by atoms with Gasteiger partial charge in [0.2, 0.25) is 0 Å². The first-order valence-electron chi connectivity index (χ1n) is 8.01. The molecule has 0 heterocycles. The van der Waals surface area contributed by atoms with Crippen LogP contribution in [-0.4, -0.2) is 52.9 Å². The van der Waals surface area contributed by atoms with E-state index in [9.17, 15) is 14.7 Å². The highest BCUT2D eigenvalue weighted by molar-refractivity contribution is 5.75. The topological polar surface area (TPSA) is 89.9 Å². The Kier molecular flexibility index (Phi) is 5.85. The molecule has 0 saturated heterocycles. The number of aliphatic carboxylic acids is 1. The van der Waals surface area contributed by atoms with Gasteiger partial charge in [-0.15, -0.1) is 0 Å². The van der Waals surface area contributed by atoms with Crippen molar-refractivity contribution in [1.29, 1.82) is 0 Å². The van der Waals surface area contributed by atoms with Gasteiger partial charge in [0.05, 0.1) is 12.5 Å². The Bertz CT molecular complexity index is 371. The van der Waals surface area contributed by atoms with E-state index in [1.165, 1.54) is 0 Å². The zero-order valence-electron chi connectivity index (χ0n) is 12.5. The number of hydrogen-bond donors (Lipinski definition) is 3. The fourth-order valence-corrected chi connectivity index (χ4v) is 3.35. The van der Waals surface area contributed by atoms with Crippen LogP contribution in [0.25, 0.3) is 0 Å². The maximum absolute atomic E-state index is 12.2. The Morgan fingerprint density at radius 3 is 2.38 bits per heavy atom. The van der Waals surface area contributed by atoms with E-state index in [2.05, 4.69) is 5.32 Å². The lowest BCUT2D eigenvalue weighted by Gasteiger charge is -2.38. The molecule has 0 aromatic heterocycles. The Morgan fingerprint density at radius 1 is 1.10 bits per heavy atom. The average Bonchev–Trinajstić information content (AvgIpc) is 2.42. The first-order chi connectivity index (χ1) is 10.1. The van der Waals surface area contributed by atoms with Gasteiger partial charge in [0, 0.05) is 19.1 Å². The molecule has 2 aliphatic carbocycles. The number of urea groups is 1. The molecule has 6 nitrogen and oxygen atoms in total. The van der Waals surface area contributed by atoms with Crippen molar-refractivity contribution >= 4 is 12.0 Å². The first-order valence-corrected chi connectivity index (χ1v) is 8.01. The van der Waals surface area contributed by atoms with E-state index in [1.54, 1.807) is 4.90 Å². The van der Waals surface area contributed by atoms with Gasteiger partial charge < -0.3 is 20.4 Å². The van der Waals surface area contributed by atoms with Crippen LogP contribution in [-0.2, 0) is 4.79 Å². The third-order valence-corrected chi connectivity index (χ3v) is 4.86. The molecule has 2 unspecified atom stereocenters. The lowest BCUT2D eigenvalue weighted by atomic mass is 9.79. The van der Waals surface area contributed by atoms with Gasteiger partial charge in [-0.05, 0) is 38.0 Å². The van der Waals surface area contributed by atoms with Crippen molar-refractivity contribution in [1.82, 2.24) is 10.2 Å². The van der Waals surface area contributed by atoms with Gasteiger partial charge in [-0.25, -0.2) is 4.79 Å². The van der Waals surface area contributed by atoms with Crippen molar-refractivity contribution in [3.8, 4) is 0 Å². The number of hydrogen-bond acceptors (Lipinski definition) is 3. The molecule has 2 aliphatic rings. The van der Waals surface area contributed by atoms with Crippen LogP contribution < -0.4 is 5.32 Å². The van der Waals surface area contributed by atoms with Crippen LogP contribution in [0.4, 0.5) is 4.79 Å². The second-order valence-electron chi connectivity index (χ2n) is 6.18. The minimum Gasteiger partial charge on any atom is -0.481 e. The second-order valence-corrected chi connectivity index (χ2v) is 6.18. The van der Waals surface area contributed by atoms with E-state index in [1.807, 2.05) is 0 Å². The third-order valence-electron chi connectivity index (χ3n) is 4.86. The molecule has 0 radical (unpaired) electrons. The summed E-state index contributed by atoms with van der Waals surface area (Å²) >= 11 is 0. The second kappa shape index (κ2) is 7.64. The summed E-state index contributed by atoms with van der Waals surface area (Å²) < 4.78 is 0. The number of rotatable bonds is 6. The van der Waals surface area contributed by atoms with Crippen molar-refractivity contribution in [2.45, 2.75) is 51.0 Å². The predicted octanol–water partition coefficient (Wildman–Crippen LogP) is 1.43. The summed E-state index contributed by atoms with van der Waals surface area (Å²) in [7, 11) is 0. The zero-order chi connectivity index (χ0) is 15.2. The highest BCUT2D eigenvalue weighted by atomic mass is 16.4. The summed E-state index contributed by atoms with van der Waals surface area (Å²) in [5, 5.41) is 21.2. The summed E-state index contributed by atoms with van der Waals surface area (Å²) in [5.41, 5.74) is 0. The van der Waals surface area contributed by atoms with Crippen molar-refractivity contribution in [3.05, 3.63) is 0 Å². The van der Waals surface area contributed by atoms with Gasteiger partial charge in [-0.3, -0.25) is 4.79 Å². The summed E-state index contributed by atoms with van der Waals surface area (Å²) in [6.45, 7) is 0.735. The maximum Gasteiger partial charge on any atom is 0.317 e. The molecule has 0 aliphatic heterocycles. The van der Waals surface area contributed by atoms with Crippen LogP contribution in [0.3, 0.4) is 0 Å². The van der Waals surface area contributed by atoms with E-state index >= 15 is 0 Å². The van der Waals surface area contributed by atoms with E-state index in [0.29, 0.717) is 19.5 Å². The van der Waals surface area contributed by atoms with Gasteiger partial charge in [-0.1, -0.05) is 12.8 Å². The standard InChI is InChI=1S/C15H26N2O4/c18-9-8-17(12-5-3-6-12)15(21)16-10-11-4-1-2-7-13(11)14(19)20/h11-13,18H,1-10H2,(H,16,21)(H,19,20). The van der Waals surface area contributed by atoms with Crippen LogP contribution in [0.2, 0.25) is 0 Å². The van der Waals surface area contributed by atoms with Crippen LogP contribution in [0.1, 0.15) is 44.9 Å². The summed E-state index contributed by atoms with van der Waals surface area (Å²) in [6.07, 6.45) is 6.68. The molecule has 0 bridgehead atoms. The number of nitrogens with zero attached hydrogens (tertiary/aromatic N) is 1. The van der Waals surface area contributed by atoms with E-state index in [4.69, 9.17) is 5.11 Å². The molecule has 2 fully saturated rings. The summed E-state index contributed by atoms with van der Waals surface area (Å²) in [5.74, 6) is -1.06. The lowest BCUT2D eigenvalue weighted by molar-refractivity contribution is -0.144. The number of carboxylic acid groups (broad SMARTS) is 1. The van der Waals surface area contributed by atoms with Gasteiger partial charge in [0.25, 0.3) is 0 Å². The number of aliphatic hydroxyl groups excluding tert-OH is 1. The van der Waals surface area contributed by atoms with Crippen LogP contribution in [0.5, 0.6) is 0 Å². The number of aliphatic hydroxyl groups is 1. The SMILES string of the molecule is O=C(O)C1CCCCC1CNC(=O)N(CCO)C1CCC1. The Labute approximate surface area is 125 Å². The Morgan fingerprint density at radius 2 is 1.81 bits per heavy atom. The number of carbonyl (C=O) groups excluding carboxylic acids is 1. The fraction of sp³-hybridized carbons (Fsp3) is 0.867. The minimum atomic E-state index is -0.750. The average molecular weight is 298 g/mol. The minimum absolute atomic E-state index is 0.0255. The molecule has 2 rings (SSSR count). The number of nitrogens with one attached hydrogen (secondary N) is 1. The van der Waals surface area contributed by atoms with Crippen molar-refractivity contribution in [3.63, 3.8) is 0 Å². The zero-order valence-corrected chi connectivity index (χ0v) is 12.5. The van der Waals surface area contributed by atoms with Crippen molar-refractivity contribution in [2.24, 2.45) is 11.8 Å². The summed E-state index contributed by atoms with van der Waals surface area (Å²) in [6, 6.07) is 0.0715. The van der Waals surface area contributed by atoms with Crippen LogP contribution >= 0.6 is 0 Å². The molecule has 2 saturated carbocycles. The van der Waals surface area contributed by atoms with E-state index < -0.39 is 5.97 Å². The molecule has 0 aromatic rings. The van der Waals surface area contributed by atoms with Crippen LogP contribution in [0, 0.1) is 11.8 Å². The molecule has 2 atom stereocenters. The Hall–Kier alpha value is -1.30. The number of carboxylic acids is 1. The van der Waals surface area contributed by atoms with Crippen molar-refractivity contribution in [2.75, 3.05) is 19.7 Å². The number of carbonyl (C=O) groups is 2. The highest BCUT2D eigenvalue weighted by Gasteiger charge is 2.32. The molecular formula is C15H26N2O4. The fourth-order valence-electron chi connectivity index (χ4n) is 3.35. The molecule has 0 spiro atoms. The quantitative estimate of drug-likeness (QED) is 0.692. The monoisotopic (exact) mass is 298 g/mol. The van der Waals surface area contributed by atoms with E-state index in [0.717, 1.165) is 38.5 Å². The molecule has 21 heavy (non-hydrogen) atoms. The molecule has 2 amide bonds. The lowest BCUT2D eigenvalue weighted by Crippen LogP contribution is -2.51. The van der Waals surface area contributed by atoms with Gasteiger partial charge >= 0.3 is 12.0 Å². The normalized spacial score (nSPS) is 26.0. The predicted molar refractivity (Wildman–Crippen MR) is 77.9 cm³/mol. The molecular weight excluding hydrogens is 272 g/mol.